The van der Waals surface area contributed by atoms with Crippen LogP contribution in [-0.4, -0.2) is 40.1 Å². The van der Waals surface area contributed by atoms with Gasteiger partial charge in [0.2, 0.25) is 0 Å². The minimum Gasteiger partial charge on any atom is -0.517 e. The highest BCUT2D eigenvalue weighted by molar-refractivity contribution is 6.75. The summed E-state index contributed by atoms with van der Waals surface area (Å²) in [7, 11) is 2.08. The van der Waals surface area contributed by atoms with Crippen LogP contribution in [0, 0.1) is 0 Å². The van der Waals surface area contributed by atoms with Crippen molar-refractivity contribution in [2.45, 2.75) is 6.61 Å². The Morgan fingerprint density at radius 3 is 2.53 bits per heavy atom. The zero-order valence-electron chi connectivity index (χ0n) is 9.98. The minimum absolute atomic E-state index is 0.0705. The highest BCUT2D eigenvalue weighted by Gasteiger charge is 2.41. The molecule has 1 aliphatic rings. The van der Waals surface area contributed by atoms with Gasteiger partial charge >= 0.3 is 18.8 Å². The van der Waals surface area contributed by atoms with Gasteiger partial charge in [-0.2, -0.15) is 0 Å². The molecule has 0 fully saturated rings. The van der Waals surface area contributed by atoms with Gasteiger partial charge in [-0.25, -0.2) is 0 Å². The SMILES string of the molecule is CO[Si](OC)(OC)c1ccc2c(c1)CO[Si]O2. The van der Waals surface area contributed by atoms with Crippen molar-refractivity contribution in [1.29, 1.82) is 0 Å². The molecule has 1 aromatic rings. The van der Waals surface area contributed by atoms with Crippen LogP contribution in [0.4, 0.5) is 0 Å². The summed E-state index contributed by atoms with van der Waals surface area (Å²) in [6.45, 7) is 0.545. The second-order valence-electron chi connectivity index (χ2n) is 3.47. The molecule has 92 valence electrons. The Balaban J connectivity index is 2.38. The Morgan fingerprint density at radius 1 is 1.18 bits per heavy atom. The third-order valence-electron chi connectivity index (χ3n) is 2.66. The number of hydrogen-bond acceptors (Lipinski definition) is 5. The van der Waals surface area contributed by atoms with Crippen molar-refractivity contribution in [3.05, 3.63) is 23.8 Å². The van der Waals surface area contributed by atoms with Gasteiger partial charge in [0.05, 0.1) is 6.61 Å². The molecule has 0 bridgehead atoms. The van der Waals surface area contributed by atoms with Crippen molar-refractivity contribution in [3.63, 3.8) is 0 Å². The van der Waals surface area contributed by atoms with Crippen LogP contribution in [0.25, 0.3) is 0 Å². The smallest absolute Gasteiger partial charge is 0.517 e. The van der Waals surface area contributed by atoms with Gasteiger partial charge < -0.3 is 22.1 Å². The van der Waals surface area contributed by atoms with Crippen LogP contribution in [0.3, 0.4) is 0 Å². The molecule has 0 saturated heterocycles. The van der Waals surface area contributed by atoms with Crippen molar-refractivity contribution >= 4 is 24.0 Å². The minimum atomic E-state index is -2.76. The van der Waals surface area contributed by atoms with E-state index >= 15 is 0 Å². The molecule has 5 nitrogen and oxygen atoms in total. The first kappa shape index (κ1) is 12.7. The second-order valence-corrected chi connectivity index (χ2v) is 7.04. The van der Waals surface area contributed by atoms with Crippen LogP contribution in [0.5, 0.6) is 5.75 Å². The molecule has 0 amide bonds. The topological polar surface area (TPSA) is 46.2 Å². The summed E-state index contributed by atoms with van der Waals surface area (Å²) in [5.41, 5.74) is 0.990. The third-order valence-corrected chi connectivity index (χ3v) is 5.85. The van der Waals surface area contributed by atoms with Gasteiger partial charge in [0, 0.05) is 32.1 Å². The van der Waals surface area contributed by atoms with E-state index in [-0.39, 0.29) is 10.0 Å². The maximum absolute atomic E-state index is 5.43. The van der Waals surface area contributed by atoms with Gasteiger partial charge in [0.1, 0.15) is 5.75 Å². The van der Waals surface area contributed by atoms with Gasteiger partial charge in [-0.1, -0.05) is 6.07 Å². The van der Waals surface area contributed by atoms with E-state index in [1.165, 1.54) is 0 Å². The predicted octanol–water partition coefficient (Wildman–Crippen LogP) is 0.215. The van der Waals surface area contributed by atoms with E-state index in [0.29, 0.717) is 6.61 Å². The summed E-state index contributed by atoms with van der Waals surface area (Å²) in [5.74, 6) is 0.851. The molecule has 1 aromatic carbocycles. The van der Waals surface area contributed by atoms with E-state index in [1.54, 1.807) is 21.3 Å². The Hall–Kier alpha value is -0.706. The van der Waals surface area contributed by atoms with Gasteiger partial charge in [-0.15, -0.1) is 0 Å². The van der Waals surface area contributed by atoms with E-state index < -0.39 is 8.80 Å². The number of fused-ring (bicyclic) bond motifs is 1. The summed E-state index contributed by atoms with van der Waals surface area (Å²) in [6.07, 6.45) is 0. The van der Waals surface area contributed by atoms with Crippen LogP contribution in [0.2, 0.25) is 0 Å². The van der Waals surface area contributed by atoms with Crippen molar-refractivity contribution in [2.75, 3.05) is 21.3 Å². The zero-order chi connectivity index (χ0) is 12.3. The predicted molar refractivity (Wildman–Crippen MR) is 64.0 cm³/mol. The van der Waals surface area contributed by atoms with Gasteiger partial charge in [0.15, 0.2) is 0 Å². The first-order valence-electron chi connectivity index (χ1n) is 5.08. The van der Waals surface area contributed by atoms with E-state index in [2.05, 4.69) is 0 Å². The molecule has 17 heavy (non-hydrogen) atoms. The normalized spacial score (nSPS) is 15.2. The maximum atomic E-state index is 5.43. The average Bonchev–Trinajstić information content (AvgIpc) is 2.41. The summed E-state index contributed by atoms with van der Waals surface area (Å²) >= 11 is 0. The molecule has 1 heterocycles. The molecule has 1 aliphatic heterocycles. The highest BCUT2D eigenvalue weighted by Crippen LogP contribution is 2.22. The Bertz CT molecular complexity index is 386. The second kappa shape index (κ2) is 5.29. The number of benzene rings is 1. The fraction of sp³-hybridized carbons (Fsp3) is 0.400. The summed E-state index contributed by atoms with van der Waals surface area (Å²) in [4.78, 5) is 0. The van der Waals surface area contributed by atoms with E-state index in [4.69, 9.17) is 22.1 Å². The average molecular weight is 270 g/mol. The first-order chi connectivity index (χ1) is 8.25. The van der Waals surface area contributed by atoms with Crippen molar-refractivity contribution in [3.8, 4) is 5.75 Å². The molecule has 0 N–H and O–H groups in total. The maximum Gasteiger partial charge on any atom is 0.536 e. The summed E-state index contributed by atoms with van der Waals surface area (Å²) < 4.78 is 26.9. The lowest BCUT2D eigenvalue weighted by molar-refractivity contribution is 0.140. The van der Waals surface area contributed by atoms with E-state index in [0.717, 1.165) is 16.5 Å². The van der Waals surface area contributed by atoms with E-state index in [9.17, 15) is 0 Å². The molecular formula is C10H14O5Si2. The fourth-order valence-electron chi connectivity index (χ4n) is 1.77. The lowest BCUT2D eigenvalue weighted by atomic mass is 10.2. The van der Waals surface area contributed by atoms with Gasteiger partial charge in [-0.05, 0) is 12.1 Å². The molecule has 2 rings (SSSR count). The van der Waals surface area contributed by atoms with Gasteiger partial charge in [0.25, 0.3) is 0 Å². The van der Waals surface area contributed by atoms with Crippen molar-refractivity contribution < 1.29 is 22.1 Å². The van der Waals surface area contributed by atoms with Crippen LogP contribution < -0.4 is 9.61 Å². The standard InChI is InChI=1S/C10H14O5Si2/c1-11-17(12-2,13-3)9-4-5-10-8(6-9)7-14-16-15-10/h4-6H,7H2,1-3H3. The highest BCUT2D eigenvalue weighted by atomic mass is 28.4. The molecule has 0 unspecified atom stereocenters. The molecule has 0 aromatic heterocycles. The lowest BCUT2D eigenvalue weighted by Gasteiger charge is -2.26. The molecule has 2 radical (unpaired) electrons. The molecule has 7 heteroatoms. The molecule has 0 spiro atoms. The van der Waals surface area contributed by atoms with Crippen LogP contribution in [-0.2, 0) is 24.3 Å². The summed E-state index contributed by atoms with van der Waals surface area (Å²) in [6, 6.07) is 5.78. The molecule has 0 atom stereocenters. The number of hydrogen-bond donors (Lipinski definition) is 0. The van der Waals surface area contributed by atoms with Crippen LogP contribution in [0.15, 0.2) is 18.2 Å². The molecular weight excluding hydrogens is 256 g/mol. The quantitative estimate of drug-likeness (QED) is 0.732. The third kappa shape index (κ3) is 2.30. The van der Waals surface area contributed by atoms with Crippen LogP contribution in [0.1, 0.15) is 5.56 Å². The summed E-state index contributed by atoms with van der Waals surface area (Å²) in [5, 5.41) is 0.904. The van der Waals surface area contributed by atoms with E-state index in [1.807, 2.05) is 18.2 Å². The number of rotatable bonds is 4. The monoisotopic (exact) mass is 270 g/mol. The Morgan fingerprint density at radius 2 is 1.88 bits per heavy atom. The largest absolute Gasteiger partial charge is 0.536 e. The molecule has 0 aliphatic carbocycles. The van der Waals surface area contributed by atoms with Gasteiger partial charge in [-0.3, -0.25) is 0 Å². The first-order valence-corrected chi connectivity index (χ1v) is 7.62. The molecule has 0 saturated carbocycles. The van der Waals surface area contributed by atoms with Crippen molar-refractivity contribution in [1.82, 2.24) is 0 Å². The Kier molecular flexibility index (Phi) is 3.97. The van der Waals surface area contributed by atoms with Crippen LogP contribution >= 0.6 is 0 Å². The fourth-order valence-corrected chi connectivity index (χ4v) is 4.18. The van der Waals surface area contributed by atoms with Crippen molar-refractivity contribution in [2.24, 2.45) is 0 Å². The lowest BCUT2D eigenvalue weighted by Crippen LogP contribution is -2.54. The zero-order valence-corrected chi connectivity index (χ0v) is 12.0. The Labute approximate surface area is 104 Å².